The van der Waals surface area contributed by atoms with Crippen LogP contribution >= 0.6 is 0 Å². The summed E-state index contributed by atoms with van der Waals surface area (Å²) in [4.78, 5) is 13.8. The molecule has 2 heterocycles. The van der Waals surface area contributed by atoms with E-state index in [9.17, 15) is 4.79 Å². The highest BCUT2D eigenvalue weighted by Crippen LogP contribution is 2.22. The lowest BCUT2D eigenvalue weighted by Crippen LogP contribution is -2.39. The molecule has 1 N–H and O–H groups in total. The van der Waals surface area contributed by atoms with E-state index in [0.29, 0.717) is 25.4 Å². The summed E-state index contributed by atoms with van der Waals surface area (Å²) in [6, 6.07) is 9.86. The number of likely N-dealkylation sites (tertiary alicyclic amines) is 1. The van der Waals surface area contributed by atoms with Gasteiger partial charge in [-0.15, -0.1) is 5.10 Å². The van der Waals surface area contributed by atoms with Crippen LogP contribution in [0.4, 0.5) is 4.79 Å². The maximum absolute atomic E-state index is 12.1. The van der Waals surface area contributed by atoms with Crippen LogP contribution in [0.2, 0.25) is 0 Å². The number of carbonyl (C=O) groups excluding carboxylic acids is 1. The molecule has 1 fully saturated rings. The molecule has 0 atom stereocenters. The molecule has 0 radical (unpaired) electrons. The lowest BCUT2D eigenvalue weighted by molar-refractivity contribution is 0.0820. The highest BCUT2D eigenvalue weighted by molar-refractivity contribution is 5.67. The zero-order valence-corrected chi connectivity index (χ0v) is 12.8. The fourth-order valence-corrected chi connectivity index (χ4v) is 2.69. The van der Waals surface area contributed by atoms with Crippen LogP contribution in [0.25, 0.3) is 0 Å². The number of carbonyl (C=O) groups is 1. The molecule has 0 aliphatic carbocycles. The quantitative estimate of drug-likeness (QED) is 0.929. The van der Waals surface area contributed by atoms with Gasteiger partial charge in [-0.05, 0) is 18.4 Å². The van der Waals surface area contributed by atoms with Crippen molar-refractivity contribution in [1.82, 2.24) is 19.9 Å². The second-order valence-electron chi connectivity index (χ2n) is 5.61. The summed E-state index contributed by atoms with van der Waals surface area (Å²) in [5, 5.41) is 16.9. The van der Waals surface area contributed by atoms with Crippen LogP contribution in [-0.2, 0) is 18.0 Å². The van der Waals surface area contributed by atoms with Crippen molar-refractivity contribution in [2.45, 2.75) is 32.1 Å². The first-order chi connectivity index (χ1) is 11.3. The van der Waals surface area contributed by atoms with Crippen molar-refractivity contribution in [3.05, 3.63) is 47.8 Å². The number of amides is 1. The van der Waals surface area contributed by atoms with E-state index in [1.54, 1.807) is 15.8 Å². The van der Waals surface area contributed by atoms with E-state index >= 15 is 0 Å². The van der Waals surface area contributed by atoms with Crippen LogP contribution in [-0.4, -0.2) is 44.2 Å². The lowest BCUT2D eigenvalue weighted by atomic mass is 10.1. The van der Waals surface area contributed by atoms with Gasteiger partial charge in [0.15, 0.2) is 0 Å². The third kappa shape index (κ3) is 3.87. The minimum atomic E-state index is -0.276. The predicted molar refractivity (Wildman–Crippen MR) is 82.4 cm³/mol. The monoisotopic (exact) mass is 316 g/mol. The van der Waals surface area contributed by atoms with Crippen LogP contribution in [0.15, 0.2) is 36.5 Å². The van der Waals surface area contributed by atoms with E-state index in [0.717, 1.165) is 18.4 Å². The lowest BCUT2D eigenvalue weighted by Gasteiger charge is -2.31. The highest BCUT2D eigenvalue weighted by Gasteiger charge is 2.25. The minimum absolute atomic E-state index is 0.106. The molecule has 0 spiro atoms. The van der Waals surface area contributed by atoms with Gasteiger partial charge in [-0.1, -0.05) is 35.5 Å². The van der Waals surface area contributed by atoms with Gasteiger partial charge < -0.3 is 14.7 Å². The molecule has 1 aromatic carbocycles. The van der Waals surface area contributed by atoms with E-state index in [2.05, 4.69) is 10.3 Å². The van der Waals surface area contributed by atoms with Crippen molar-refractivity contribution in [3.8, 4) is 0 Å². The molecule has 23 heavy (non-hydrogen) atoms. The number of aliphatic hydroxyl groups excluding tert-OH is 1. The summed E-state index contributed by atoms with van der Waals surface area (Å²) in [6.07, 6.45) is 3.08. The Labute approximate surface area is 134 Å². The summed E-state index contributed by atoms with van der Waals surface area (Å²) in [6.45, 7) is 1.45. The van der Waals surface area contributed by atoms with E-state index in [1.165, 1.54) is 0 Å². The average molecular weight is 316 g/mol. The molecule has 0 bridgehead atoms. The van der Waals surface area contributed by atoms with E-state index < -0.39 is 0 Å². The first kappa shape index (κ1) is 15.5. The molecule has 1 aliphatic rings. The fourth-order valence-electron chi connectivity index (χ4n) is 2.69. The van der Waals surface area contributed by atoms with Gasteiger partial charge in [-0.3, -0.25) is 0 Å². The fraction of sp³-hybridized carbons (Fsp3) is 0.438. The Morgan fingerprint density at radius 3 is 2.65 bits per heavy atom. The third-order valence-corrected chi connectivity index (χ3v) is 4.02. The number of hydrogen-bond acceptors (Lipinski definition) is 5. The molecule has 1 aliphatic heterocycles. The van der Waals surface area contributed by atoms with Crippen molar-refractivity contribution >= 4 is 6.09 Å². The predicted octanol–water partition coefficient (Wildman–Crippen LogP) is 1.74. The van der Waals surface area contributed by atoms with Crippen LogP contribution in [0.5, 0.6) is 0 Å². The minimum Gasteiger partial charge on any atom is -0.445 e. The van der Waals surface area contributed by atoms with Crippen molar-refractivity contribution in [2.75, 3.05) is 13.1 Å². The number of aromatic nitrogens is 3. The zero-order chi connectivity index (χ0) is 16.1. The highest BCUT2D eigenvalue weighted by atomic mass is 16.6. The molecule has 3 rings (SSSR count). The summed E-state index contributed by atoms with van der Waals surface area (Å²) >= 11 is 0. The second kappa shape index (κ2) is 7.23. The van der Waals surface area contributed by atoms with E-state index in [1.807, 2.05) is 30.3 Å². The Hall–Kier alpha value is -2.41. The van der Waals surface area contributed by atoms with Gasteiger partial charge in [-0.25, -0.2) is 9.48 Å². The number of nitrogens with zero attached hydrogens (tertiary/aromatic N) is 4. The molecule has 1 aromatic heterocycles. The van der Waals surface area contributed by atoms with E-state index in [4.69, 9.17) is 9.84 Å². The molecular weight excluding hydrogens is 296 g/mol. The van der Waals surface area contributed by atoms with Gasteiger partial charge in [-0.2, -0.15) is 0 Å². The molecular formula is C16H20N4O3. The second-order valence-corrected chi connectivity index (χ2v) is 5.61. The normalized spacial score (nSPS) is 15.6. The molecule has 122 valence electrons. The molecule has 1 saturated heterocycles. The van der Waals surface area contributed by atoms with Gasteiger partial charge in [0.1, 0.15) is 12.3 Å². The van der Waals surface area contributed by atoms with Crippen LogP contribution in [0, 0.1) is 0 Å². The summed E-state index contributed by atoms with van der Waals surface area (Å²) in [5.41, 5.74) is 1.55. The molecule has 0 saturated carbocycles. The third-order valence-electron chi connectivity index (χ3n) is 4.02. The number of benzene rings is 1. The van der Waals surface area contributed by atoms with Gasteiger partial charge in [0.2, 0.25) is 0 Å². The Bertz CT molecular complexity index is 636. The summed E-state index contributed by atoms with van der Waals surface area (Å²) in [7, 11) is 0. The van der Waals surface area contributed by atoms with Gasteiger partial charge >= 0.3 is 6.09 Å². The van der Waals surface area contributed by atoms with Gasteiger partial charge in [0, 0.05) is 13.1 Å². The van der Waals surface area contributed by atoms with Crippen molar-refractivity contribution in [2.24, 2.45) is 0 Å². The smallest absolute Gasteiger partial charge is 0.410 e. The Balaban J connectivity index is 1.47. The number of rotatable bonds is 4. The SMILES string of the molecule is O=C(OCc1ccccc1)N1CCC(n2cc(CO)nn2)CC1. The summed E-state index contributed by atoms with van der Waals surface area (Å²) in [5.74, 6) is 0. The maximum atomic E-state index is 12.1. The number of hydrogen-bond donors (Lipinski definition) is 1. The zero-order valence-electron chi connectivity index (χ0n) is 12.8. The first-order valence-corrected chi connectivity index (χ1v) is 7.73. The first-order valence-electron chi connectivity index (χ1n) is 7.73. The van der Waals surface area contributed by atoms with E-state index in [-0.39, 0.29) is 18.7 Å². The van der Waals surface area contributed by atoms with Crippen LogP contribution in [0.1, 0.15) is 30.1 Å². The average Bonchev–Trinajstić information content (AvgIpc) is 3.10. The largest absolute Gasteiger partial charge is 0.445 e. The topological polar surface area (TPSA) is 80.5 Å². The Morgan fingerprint density at radius 1 is 1.26 bits per heavy atom. The van der Waals surface area contributed by atoms with Crippen molar-refractivity contribution in [3.63, 3.8) is 0 Å². The number of ether oxygens (including phenoxy) is 1. The molecule has 2 aromatic rings. The maximum Gasteiger partial charge on any atom is 0.410 e. The van der Waals surface area contributed by atoms with Gasteiger partial charge in [0.05, 0.1) is 18.8 Å². The van der Waals surface area contributed by atoms with Crippen molar-refractivity contribution in [1.29, 1.82) is 0 Å². The van der Waals surface area contributed by atoms with Crippen LogP contribution in [0.3, 0.4) is 0 Å². The van der Waals surface area contributed by atoms with Gasteiger partial charge in [0.25, 0.3) is 0 Å². The molecule has 0 unspecified atom stereocenters. The molecule has 7 heteroatoms. The molecule has 1 amide bonds. The summed E-state index contributed by atoms with van der Waals surface area (Å²) < 4.78 is 7.13. The Kier molecular flexibility index (Phi) is 4.87. The molecule has 7 nitrogen and oxygen atoms in total. The standard InChI is InChI=1S/C16H20N4O3/c21-11-14-10-20(18-17-14)15-6-8-19(9-7-15)16(22)23-12-13-4-2-1-3-5-13/h1-5,10,15,21H,6-9,11-12H2. The number of piperidine rings is 1. The van der Waals surface area contributed by atoms with Crippen LogP contribution < -0.4 is 0 Å². The Morgan fingerprint density at radius 2 is 2.00 bits per heavy atom. The number of aliphatic hydroxyl groups is 1. The van der Waals surface area contributed by atoms with Crippen molar-refractivity contribution < 1.29 is 14.6 Å².